The monoisotopic (exact) mass is 138 g/mol. The first kappa shape index (κ1) is 8.83. The zero-order valence-corrected chi connectivity index (χ0v) is 6.09. The molecule has 0 radical (unpaired) electrons. The minimum atomic E-state index is -0.252. The molecule has 0 rings (SSSR count). The molecule has 0 aromatic carbocycles. The normalized spacial score (nSPS) is 14.9. The first-order chi connectivity index (χ1) is 4.63. The predicted octanol–water partition coefficient (Wildman–Crippen LogP) is 1.00. The Morgan fingerprint density at radius 2 is 2.20 bits per heavy atom. The molecule has 1 N–H and O–H groups in total. The van der Waals surface area contributed by atoms with Crippen molar-refractivity contribution in [3.05, 3.63) is 0 Å². The Balaban J connectivity index is 4.09. The van der Waals surface area contributed by atoms with Crippen LogP contribution in [0.15, 0.2) is 0 Å². The van der Waals surface area contributed by atoms with Crippen molar-refractivity contribution in [1.82, 2.24) is 0 Å². The molecule has 2 unspecified atom stereocenters. The fourth-order valence-corrected chi connectivity index (χ4v) is 0.488. The van der Waals surface area contributed by atoms with E-state index < -0.39 is 0 Å². The number of aldehydes is 1. The number of carbonyl (C=O) groups excluding carboxylic acids is 1. The van der Waals surface area contributed by atoms with Gasteiger partial charge in [-0.05, 0) is 6.92 Å². The highest BCUT2D eigenvalue weighted by atomic mass is 16.1. The van der Waals surface area contributed by atoms with E-state index in [2.05, 4.69) is 0 Å². The predicted molar refractivity (Wildman–Crippen MR) is 37.7 cm³/mol. The van der Waals surface area contributed by atoms with Crippen LogP contribution in [0.3, 0.4) is 0 Å². The molecular formula is C7H10N2O. The summed E-state index contributed by atoms with van der Waals surface area (Å²) < 4.78 is 0. The Morgan fingerprint density at radius 1 is 1.70 bits per heavy atom. The van der Waals surface area contributed by atoms with Gasteiger partial charge in [-0.25, -0.2) is 0 Å². The molecule has 0 bridgehead atoms. The van der Waals surface area contributed by atoms with Crippen molar-refractivity contribution in [2.24, 2.45) is 11.8 Å². The molecule has 0 aromatic heterocycles. The lowest BCUT2D eigenvalue weighted by Crippen LogP contribution is -2.17. The summed E-state index contributed by atoms with van der Waals surface area (Å²) in [6.45, 7) is 3.40. The average molecular weight is 138 g/mol. The number of nitrogens with zero attached hydrogens (tertiary/aromatic N) is 1. The van der Waals surface area contributed by atoms with Gasteiger partial charge < -0.3 is 5.41 Å². The third kappa shape index (κ3) is 1.98. The molecule has 0 saturated heterocycles. The van der Waals surface area contributed by atoms with Crippen molar-refractivity contribution in [2.45, 2.75) is 13.8 Å². The number of hydrogen-bond acceptors (Lipinski definition) is 3. The van der Waals surface area contributed by atoms with Gasteiger partial charge in [0.2, 0.25) is 0 Å². The van der Waals surface area contributed by atoms with E-state index in [1.807, 2.05) is 6.07 Å². The van der Waals surface area contributed by atoms with Gasteiger partial charge >= 0.3 is 0 Å². The minimum Gasteiger partial charge on any atom is -0.302 e. The third-order valence-electron chi connectivity index (χ3n) is 1.57. The van der Waals surface area contributed by atoms with Crippen LogP contribution in [0, 0.1) is 28.6 Å². The Bertz CT molecular complexity index is 181. The molecule has 0 aliphatic carbocycles. The number of nitrogens with one attached hydrogen (secondary N) is 1. The highest BCUT2D eigenvalue weighted by molar-refractivity contribution is 6.27. The van der Waals surface area contributed by atoms with E-state index in [9.17, 15) is 4.79 Å². The quantitative estimate of drug-likeness (QED) is 0.467. The van der Waals surface area contributed by atoms with E-state index in [-0.39, 0.29) is 17.5 Å². The van der Waals surface area contributed by atoms with Crippen molar-refractivity contribution in [2.75, 3.05) is 0 Å². The van der Waals surface area contributed by atoms with Crippen LogP contribution in [-0.2, 0) is 4.79 Å². The van der Waals surface area contributed by atoms with Gasteiger partial charge in [0.15, 0.2) is 6.29 Å². The van der Waals surface area contributed by atoms with Gasteiger partial charge in [0.25, 0.3) is 0 Å². The lowest BCUT2D eigenvalue weighted by molar-refractivity contribution is -0.103. The average Bonchev–Trinajstić information content (AvgIpc) is 2.00. The van der Waals surface area contributed by atoms with Crippen molar-refractivity contribution in [3.63, 3.8) is 0 Å². The molecule has 0 amide bonds. The molecule has 0 aliphatic heterocycles. The second kappa shape index (κ2) is 3.78. The summed E-state index contributed by atoms with van der Waals surface area (Å²) in [6.07, 6.45) is 0.485. The van der Waals surface area contributed by atoms with Crippen LogP contribution in [-0.4, -0.2) is 12.0 Å². The van der Waals surface area contributed by atoms with E-state index in [4.69, 9.17) is 10.7 Å². The highest BCUT2D eigenvalue weighted by Gasteiger charge is 2.14. The van der Waals surface area contributed by atoms with E-state index in [1.54, 1.807) is 13.8 Å². The number of rotatable bonds is 3. The maximum Gasteiger partial charge on any atom is 0.163 e. The second-order valence-corrected chi connectivity index (χ2v) is 2.28. The Hall–Kier alpha value is -1.17. The minimum absolute atomic E-state index is 0.00551. The fourth-order valence-electron chi connectivity index (χ4n) is 0.488. The van der Waals surface area contributed by atoms with Gasteiger partial charge in [-0.15, -0.1) is 0 Å². The van der Waals surface area contributed by atoms with Crippen LogP contribution < -0.4 is 0 Å². The highest BCUT2D eigenvalue weighted by Crippen LogP contribution is 2.09. The zero-order valence-electron chi connectivity index (χ0n) is 6.09. The Kier molecular flexibility index (Phi) is 3.34. The Labute approximate surface area is 60.2 Å². The first-order valence-corrected chi connectivity index (χ1v) is 3.06. The SMILES string of the molecule is CC(C#N)C(C)C(=N)C=O. The van der Waals surface area contributed by atoms with Gasteiger partial charge in [-0.1, -0.05) is 6.92 Å². The van der Waals surface area contributed by atoms with Crippen LogP contribution in [0.5, 0.6) is 0 Å². The first-order valence-electron chi connectivity index (χ1n) is 3.06. The van der Waals surface area contributed by atoms with Crippen LogP contribution in [0.25, 0.3) is 0 Å². The molecule has 3 heteroatoms. The molecule has 0 heterocycles. The summed E-state index contributed by atoms with van der Waals surface area (Å²) >= 11 is 0. The molecule has 54 valence electrons. The van der Waals surface area contributed by atoms with E-state index >= 15 is 0 Å². The van der Waals surface area contributed by atoms with Gasteiger partial charge in [-0.2, -0.15) is 5.26 Å². The fraction of sp³-hybridized carbons (Fsp3) is 0.571. The van der Waals surface area contributed by atoms with E-state index in [0.717, 1.165) is 0 Å². The third-order valence-corrected chi connectivity index (χ3v) is 1.57. The van der Waals surface area contributed by atoms with Gasteiger partial charge in [0.05, 0.1) is 17.7 Å². The second-order valence-electron chi connectivity index (χ2n) is 2.28. The molecule has 2 atom stereocenters. The summed E-state index contributed by atoms with van der Waals surface area (Å²) in [4.78, 5) is 10.0. The number of carbonyl (C=O) groups is 1. The number of hydrogen-bond donors (Lipinski definition) is 1. The molecule has 0 fully saturated rings. The van der Waals surface area contributed by atoms with Crippen molar-refractivity contribution >= 4 is 12.0 Å². The Morgan fingerprint density at radius 3 is 2.50 bits per heavy atom. The van der Waals surface area contributed by atoms with Gasteiger partial charge in [0.1, 0.15) is 0 Å². The summed E-state index contributed by atoms with van der Waals surface area (Å²) in [5, 5.41) is 15.4. The maximum atomic E-state index is 10.0. The summed E-state index contributed by atoms with van der Waals surface area (Å²) in [5.41, 5.74) is -0.00551. The van der Waals surface area contributed by atoms with Crippen LogP contribution >= 0.6 is 0 Å². The van der Waals surface area contributed by atoms with Gasteiger partial charge in [-0.3, -0.25) is 4.79 Å². The topological polar surface area (TPSA) is 64.7 Å². The largest absolute Gasteiger partial charge is 0.302 e. The lowest BCUT2D eigenvalue weighted by Gasteiger charge is -2.08. The molecular weight excluding hydrogens is 128 g/mol. The van der Waals surface area contributed by atoms with E-state index in [1.165, 1.54) is 0 Å². The lowest BCUT2D eigenvalue weighted by atomic mass is 9.93. The molecule has 10 heavy (non-hydrogen) atoms. The molecule has 0 spiro atoms. The van der Waals surface area contributed by atoms with Crippen molar-refractivity contribution in [3.8, 4) is 6.07 Å². The smallest absolute Gasteiger partial charge is 0.163 e. The summed E-state index contributed by atoms with van der Waals surface area (Å²) in [7, 11) is 0. The number of nitriles is 1. The van der Waals surface area contributed by atoms with Crippen LogP contribution in [0.2, 0.25) is 0 Å². The zero-order chi connectivity index (χ0) is 8.15. The molecule has 3 nitrogen and oxygen atoms in total. The maximum absolute atomic E-state index is 10.0. The molecule has 0 saturated carbocycles. The van der Waals surface area contributed by atoms with Crippen molar-refractivity contribution < 1.29 is 4.79 Å². The van der Waals surface area contributed by atoms with Crippen LogP contribution in [0.4, 0.5) is 0 Å². The van der Waals surface area contributed by atoms with Crippen LogP contribution in [0.1, 0.15) is 13.8 Å². The van der Waals surface area contributed by atoms with Gasteiger partial charge in [0, 0.05) is 5.92 Å². The van der Waals surface area contributed by atoms with Crippen molar-refractivity contribution in [1.29, 1.82) is 10.7 Å². The van der Waals surface area contributed by atoms with E-state index in [0.29, 0.717) is 6.29 Å². The summed E-state index contributed by atoms with van der Waals surface area (Å²) in [6, 6.07) is 1.98. The molecule has 0 aromatic rings. The standard InChI is InChI=1S/C7H10N2O/c1-5(3-8)6(2)7(9)4-10/h4-6,9H,1-2H3. The molecule has 0 aliphatic rings. The summed E-state index contributed by atoms with van der Waals surface area (Å²) in [5.74, 6) is -0.500.